The summed E-state index contributed by atoms with van der Waals surface area (Å²) in [6.45, 7) is 0.0976. The average Bonchev–Trinajstić information content (AvgIpc) is 2.89. The highest BCUT2D eigenvalue weighted by atomic mass is 35.5. The number of nitrogens with two attached hydrogens (primary N) is 1. The molecule has 1 aromatic heterocycles. The minimum Gasteiger partial charge on any atom is -0.372 e. The fraction of sp³-hybridized carbons (Fsp3) is 0.167. The Balaban J connectivity index is 2.00. The van der Waals surface area contributed by atoms with Crippen molar-refractivity contribution in [2.45, 2.75) is 6.23 Å². The molecule has 6 nitrogen and oxygen atoms in total. The summed E-state index contributed by atoms with van der Waals surface area (Å²) in [6.07, 6.45) is 0.841. The Morgan fingerprint density at radius 3 is 2.75 bits per heavy atom. The number of thiocarbonyl (C=S) groups is 1. The van der Waals surface area contributed by atoms with Gasteiger partial charge < -0.3 is 21.5 Å². The van der Waals surface area contributed by atoms with Crippen LogP contribution in [0.2, 0.25) is 5.02 Å². The van der Waals surface area contributed by atoms with Gasteiger partial charge in [0, 0.05) is 29.5 Å². The van der Waals surface area contributed by atoms with Crippen molar-refractivity contribution in [3.63, 3.8) is 0 Å². The number of aromatic nitrogens is 2. The average molecular weight is 312 g/mol. The normalized spacial score (nSPS) is 11.9. The van der Waals surface area contributed by atoms with Crippen molar-refractivity contribution >= 4 is 40.4 Å². The fourth-order valence-corrected chi connectivity index (χ4v) is 1.80. The number of rotatable bonds is 4. The molecule has 0 saturated carbocycles. The van der Waals surface area contributed by atoms with Gasteiger partial charge >= 0.3 is 0 Å². The summed E-state index contributed by atoms with van der Waals surface area (Å²) in [5, 5.41) is 20.4. The number of hydrogen-bond acceptors (Lipinski definition) is 5. The van der Waals surface area contributed by atoms with Gasteiger partial charge in [-0.1, -0.05) is 11.6 Å². The van der Waals surface area contributed by atoms with Crippen molar-refractivity contribution in [2.24, 2.45) is 5.73 Å². The zero-order valence-electron chi connectivity index (χ0n) is 10.5. The lowest BCUT2D eigenvalue weighted by molar-refractivity contribution is 0.211. The molecule has 2 rings (SSSR count). The predicted octanol–water partition coefficient (Wildman–Crippen LogP) is 1.47. The molecule has 1 heterocycles. The summed E-state index contributed by atoms with van der Waals surface area (Å²) >= 11 is 11.0. The maximum Gasteiger partial charge on any atom is 0.198 e. The third kappa shape index (κ3) is 3.91. The van der Waals surface area contributed by atoms with E-state index < -0.39 is 6.23 Å². The number of aliphatic hydroxyl groups excluding tert-OH is 1. The molecule has 0 aliphatic carbocycles. The Morgan fingerprint density at radius 1 is 1.40 bits per heavy atom. The van der Waals surface area contributed by atoms with Crippen LogP contribution in [0.4, 0.5) is 11.5 Å². The number of anilines is 2. The smallest absolute Gasteiger partial charge is 0.198 e. The highest BCUT2D eigenvalue weighted by Crippen LogP contribution is 2.14. The lowest BCUT2D eigenvalue weighted by atomic mass is 10.3. The van der Waals surface area contributed by atoms with E-state index in [2.05, 4.69) is 15.7 Å². The van der Waals surface area contributed by atoms with E-state index in [4.69, 9.17) is 29.6 Å². The number of hydrogen-bond donors (Lipinski definition) is 4. The first-order chi connectivity index (χ1) is 9.58. The summed E-state index contributed by atoms with van der Waals surface area (Å²) < 4.78 is 1.48. The van der Waals surface area contributed by atoms with Crippen LogP contribution in [-0.2, 0) is 0 Å². The Morgan fingerprint density at radius 2 is 2.10 bits per heavy atom. The first-order valence-electron chi connectivity index (χ1n) is 5.86. The Kier molecular flexibility index (Phi) is 4.91. The first-order valence-corrected chi connectivity index (χ1v) is 6.64. The number of nitrogens with zero attached hydrogens (tertiary/aromatic N) is 2. The van der Waals surface area contributed by atoms with Crippen molar-refractivity contribution in [2.75, 3.05) is 17.2 Å². The predicted molar refractivity (Wildman–Crippen MR) is 84.0 cm³/mol. The van der Waals surface area contributed by atoms with Crippen LogP contribution in [0.3, 0.4) is 0 Å². The molecule has 20 heavy (non-hydrogen) atoms. The van der Waals surface area contributed by atoms with E-state index in [0.29, 0.717) is 16.0 Å². The molecule has 0 amide bonds. The lowest BCUT2D eigenvalue weighted by Crippen LogP contribution is -2.28. The van der Waals surface area contributed by atoms with Crippen LogP contribution in [0, 0.1) is 0 Å². The van der Waals surface area contributed by atoms with Gasteiger partial charge in [-0.05, 0) is 36.5 Å². The second-order valence-corrected chi connectivity index (χ2v) is 4.80. The molecule has 0 fully saturated rings. The van der Waals surface area contributed by atoms with Crippen LogP contribution < -0.4 is 16.4 Å². The van der Waals surface area contributed by atoms with E-state index in [-0.39, 0.29) is 6.54 Å². The summed E-state index contributed by atoms with van der Waals surface area (Å²) in [5.74, 6) is 0.489. The van der Waals surface area contributed by atoms with E-state index in [9.17, 15) is 5.11 Å². The Hall–Kier alpha value is -1.67. The number of benzene rings is 1. The molecule has 0 bridgehead atoms. The quantitative estimate of drug-likeness (QED) is 0.505. The van der Waals surface area contributed by atoms with E-state index in [0.717, 1.165) is 5.69 Å². The van der Waals surface area contributed by atoms with E-state index in [1.54, 1.807) is 24.4 Å². The second-order valence-electron chi connectivity index (χ2n) is 3.98. The SMILES string of the molecule is NCC(O)Nc1ccn(C(=S)Nc2ccc(Cl)cc2)n1. The van der Waals surface area contributed by atoms with Crippen LogP contribution in [0.1, 0.15) is 0 Å². The zero-order valence-corrected chi connectivity index (χ0v) is 12.0. The maximum atomic E-state index is 9.37. The van der Waals surface area contributed by atoms with Crippen molar-refractivity contribution in [1.29, 1.82) is 0 Å². The van der Waals surface area contributed by atoms with Crippen molar-refractivity contribution in [3.05, 3.63) is 41.6 Å². The molecule has 0 spiro atoms. The summed E-state index contributed by atoms with van der Waals surface area (Å²) in [7, 11) is 0. The maximum absolute atomic E-state index is 9.37. The minimum atomic E-state index is -0.837. The molecule has 8 heteroatoms. The highest BCUT2D eigenvalue weighted by Gasteiger charge is 2.06. The third-order valence-corrected chi connectivity index (χ3v) is 2.97. The third-order valence-electron chi connectivity index (χ3n) is 2.43. The number of nitrogens with one attached hydrogen (secondary N) is 2. The van der Waals surface area contributed by atoms with Crippen molar-refractivity contribution in [1.82, 2.24) is 9.78 Å². The van der Waals surface area contributed by atoms with Gasteiger partial charge in [-0.25, -0.2) is 4.68 Å². The number of halogens is 1. The summed E-state index contributed by atoms with van der Waals surface area (Å²) in [6, 6.07) is 8.85. The zero-order chi connectivity index (χ0) is 14.5. The Bertz CT molecular complexity index is 586. The van der Waals surface area contributed by atoms with Gasteiger partial charge in [-0.2, -0.15) is 0 Å². The molecule has 2 aromatic rings. The minimum absolute atomic E-state index is 0.0976. The number of aliphatic hydroxyl groups is 1. The van der Waals surface area contributed by atoms with Gasteiger partial charge in [0.05, 0.1) is 0 Å². The van der Waals surface area contributed by atoms with E-state index >= 15 is 0 Å². The highest BCUT2D eigenvalue weighted by molar-refractivity contribution is 7.80. The molecule has 5 N–H and O–H groups in total. The molecule has 0 aliphatic rings. The fourth-order valence-electron chi connectivity index (χ4n) is 1.46. The molecule has 0 aliphatic heterocycles. The summed E-state index contributed by atoms with van der Waals surface area (Å²) in [5.41, 5.74) is 6.12. The second kappa shape index (κ2) is 6.67. The van der Waals surface area contributed by atoms with Crippen LogP contribution in [0.5, 0.6) is 0 Å². The van der Waals surface area contributed by atoms with E-state index in [1.165, 1.54) is 4.68 Å². The standard InChI is InChI=1S/C12H14ClN5OS/c13-8-1-3-9(4-2-8)15-12(20)18-6-5-10(17-18)16-11(19)7-14/h1-6,11,19H,7,14H2,(H,15,20)(H,16,17). The molecular weight excluding hydrogens is 298 g/mol. The summed E-state index contributed by atoms with van der Waals surface area (Å²) in [4.78, 5) is 0. The molecular formula is C12H14ClN5OS. The largest absolute Gasteiger partial charge is 0.372 e. The van der Waals surface area contributed by atoms with Crippen LogP contribution in [0.25, 0.3) is 0 Å². The lowest BCUT2D eigenvalue weighted by Gasteiger charge is -2.09. The van der Waals surface area contributed by atoms with Crippen LogP contribution in [0.15, 0.2) is 36.5 Å². The van der Waals surface area contributed by atoms with Crippen LogP contribution in [-0.4, -0.2) is 32.8 Å². The Labute approximate surface area is 126 Å². The molecule has 1 atom stereocenters. The van der Waals surface area contributed by atoms with Gasteiger partial charge in [-0.3, -0.25) is 0 Å². The first kappa shape index (κ1) is 14.7. The monoisotopic (exact) mass is 311 g/mol. The molecule has 1 aromatic carbocycles. The van der Waals surface area contributed by atoms with Crippen molar-refractivity contribution in [3.8, 4) is 0 Å². The molecule has 106 valence electrons. The van der Waals surface area contributed by atoms with Gasteiger partial charge in [0.2, 0.25) is 0 Å². The van der Waals surface area contributed by atoms with Crippen LogP contribution >= 0.6 is 23.8 Å². The van der Waals surface area contributed by atoms with Crippen molar-refractivity contribution < 1.29 is 5.11 Å². The van der Waals surface area contributed by atoms with E-state index in [1.807, 2.05) is 12.1 Å². The van der Waals surface area contributed by atoms with Gasteiger partial charge in [-0.15, -0.1) is 5.10 Å². The van der Waals surface area contributed by atoms with Gasteiger partial charge in [0.25, 0.3) is 0 Å². The molecule has 0 saturated heterocycles. The molecule has 0 radical (unpaired) electrons. The van der Waals surface area contributed by atoms with Gasteiger partial charge in [0.1, 0.15) is 6.23 Å². The topological polar surface area (TPSA) is 88.1 Å². The molecule has 1 unspecified atom stereocenters. The van der Waals surface area contributed by atoms with Gasteiger partial charge in [0.15, 0.2) is 10.9 Å².